The molecule has 5 nitrogen and oxygen atoms in total. The summed E-state index contributed by atoms with van der Waals surface area (Å²) in [4.78, 5) is 25.9. The second kappa shape index (κ2) is 7.97. The van der Waals surface area contributed by atoms with Gasteiger partial charge in [0.15, 0.2) is 0 Å². The third-order valence-electron chi connectivity index (χ3n) is 5.38. The Labute approximate surface area is 166 Å². The Morgan fingerprint density at radius 2 is 1.75 bits per heavy atom. The van der Waals surface area contributed by atoms with Crippen molar-refractivity contribution in [3.8, 4) is 0 Å². The molecule has 2 aromatic carbocycles. The van der Waals surface area contributed by atoms with Gasteiger partial charge < -0.3 is 4.90 Å². The highest BCUT2D eigenvalue weighted by molar-refractivity contribution is 6.03. The number of likely N-dealkylation sites (N-methyl/N-ethyl adjacent to an activating group) is 1. The van der Waals surface area contributed by atoms with Crippen LogP contribution < -0.4 is 0 Å². The van der Waals surface area contributed by atoms with E-state index >= 15 is 0 Å². The first-order valence-corrected chi connectivity index (χ1v) is 9.51. The molecule has 0 aliphatic carbocycles. The maximum atomic E-state index is 12.9. The van der Waals surface area contributed by atoms with Crippen LogP contribution in [0.3, 0.4) is 0 Å². The number of hydrogen-bond donors (Lipinski definition) is 0. The summed E-state index contributed by atoms with van der Waals surface area (Å²) in [6, 6.07) is 14.3. The van der Waals surface area contributed by atoms with Crippen molar-refractivity contribution in [3.63, 3.8) is 0 Å². The zero-order valence-corrected chi connectivity index (χ0v) is 17.2. The maximum Gasteiger partial charge on any atom is 0.262 e. The van der Waals surface area contributed by atoms with Gasteiger partial charge in [-0.2, -0.15) is 5.10 Å². The van der Waals surface area contributed by atoms with Crippen LogP contribution in [-0.2, 0) is 9.59 Å². The lowest BCUT2D eigenvalue weighted by atomic mass is 9.96. The van der Waals surface area contributed by atoms with E-state index in [0.717, 1.165) is 16.8 Å². The average molecular weight is 377 g/mol. The first-order valence-electron chi connectivity index (χ1n) is 9.51. The summed E-state index contributed by atoms with van der Waals surface area (Å²) in [5, 5.41) is 6.23. The van der Waals surface area contributed by atoms with Crippen LogP contribution in [0.1, 0.15) is 47.2 Å². The minimum atomic E-state index is -0.179. The lowest BCUT2D eigenvalue weighted by Gasteiger charge is -2.24. The molecule has 0 bridgehead atoms. The van der Waals surface area contributed by atoms with Crippen LogP contribution in [0.25, 0.3) is 0 Å². The third-order valence-corrected chi connectivity index (χ3v) is 5.38. The van der Waals surface area contributed by atoms with Gasteiger partial charge in [0, 0.05) is 20.4 Å². The standard InChI is InChI=1S/C23H27N3O2/c1-15-6-9-19(10-7-15)22-13-21(20-11-8-16(2)17(3)12-20)24-26(22)23(28)14-25(5)18(4)27/h6-12,22H,13-14H2,1-5H3/t22-/m1/s1. The first kappa shape index (κ1) is 19.8. The number of amides is 2. The zero-order chi connectivity index (χ0) is 20.4. The molecule has 0 saturated heterocycles. The Hall–Kier alpha value is -2.95. The SMILES string of the molecule is CC(=O)N(C)CC(=O)N1N=C(c2ccc(C)c(C)c2)C[C@@H]1c1ccc(C)cc1. The summed E-state index contributed by atoms with van der Waals surface area (Å²) in [5.74, 6) is -0.320. The molecule has 1 heterocycles. The van der Waals surface area contributed by atoms with E-state index < -0.39 is 0 Å². The van der Waals surface area contributed by atoms with E-state index in [-0.39, 0.29) is 24.4 Å². The van der Waals surface area contributed by atoms with Gasteiger partial charge in [0.2, 0.25) is 5.91 Å². The molecule has 0 N–H and O–H groups in total. The molecule has 3 rings (SSSR count). The Morgan fingerprint density at radius 1 is 1.07 bits per heavy atom. The average Bonchev–Trinajstić information content (AvgIpc) is 3.10. The number of carbonyl (C=O) groups excluding carboxylic acids is 2. The van der Waals surface area contributed by atoms with Crippen molar-refractivity contribution in [2.75, 3.05) is 13.6 Å². The van der Waals surface area contributed by atoms with E-state index in [9.17, 15) is 9.59 Å². The predicted octanol–water partition coefficient (Wildman–Crippen LogP) is 3.77. The lowest BCUT2D eigenvalue weighted by molar-refractivity contribution is -0.139. The topological polar surface area (TPSA) is 53.0 Å². The van der Waals surface area contributed by atoms with Crippen LogP contribution in [0.4, 0.5) is 0 Å². The largest absolute Gasteiger partial charge is 0.337 e. The van der Waals surface area contributed by atoms with Crippen molar-refractivity contribution < 1.29 is 9.59 Å². The molecule has 1 aliphatic heterocycles. The van der Waals surface area contributed by atoms with Crippen molar-refractivity contribution in [2.45, 2.75) is 40.2 Å². The molecule has 146 valence electrons. The maximum absolute atomic E-state index is 12.9. The number of rotatable bonds is 4. The van der Waals surface area contributed by atoms with Gasteiger partial charge in [-0.1, -0.05) is 42.0 Å². The highest BCUT2D eigenvalue weighted by Crippen LogP contribution is 2.33. The fraction of sp³-hybridized carbons (Fsp3) is 0.348. The molecular weight excluding hydrogens is 350 g/mol. The van der Waals surface area contributed by atoms with Gasteiger partial charge >= 0.3 is 0 Å². The van der Waals surface area contributed by atoms with Crippen LogP contribution >= 0.6 is 0 Å². The predicted molar refractivity (Wildman–Crippen MR) is 111 cm³/mol. The van der Waals surface area contributed by atoms with Crippen LogP contribution in [-0.4, -0.2) is 41.0 Å². The molecule has 2 aromatic rings. The molecule has 0 saturated carbocycles. The van der Waals surface area contributed by atoms with Crippen LogP contribution in [0.15, 0.2) is 47.6 Å². The molecule has 0 radical (unpaired) electrons. The fourth-order valence-electron chi connectivity index (χ4n) is 3.27. The number of nitrogens with zero attached hydrogens (tertiary/aromatic N) is 3. The molecule has 0 unspecified atom stereocenters. The summed E-state index contributed by atoms with van der Waals surface area (Å²) in [6.45, 7) is 7.68. The van der Waals surface area contributed by atoms with Gasteiger partial charge in [0.05, 0.1) is 11.8 Å². The number of hydrazone groups is 1. The fourth-order valence-corrected chi connectivity index (χ4v) is 3.27. The summed E-state index contributed by atoms with van der Waals surface area (Å²) >= 11 is 0. The molecule has 28 heavy (non-hydrogen) atoms. The van der Waals surface area contributed by atoms with E-state index in [1.807, 2.05) is 31.2 Å². The monoisotopic (exact) mass is 377 g/mol. The van der Waals surface area contributed by atoms with E-state index in [1.54, 1.807) is 12.1 Å². The Bertz CT molecular complexity index is 931. The second-order valence-corrected chi connectivity index (χ2v) is 7.59. The van der Waals surface area contributed by atoms with Gasteiger partial charge in [0.25, 0.3) is 5.91 Å². The highest BCUT2D eigenvalue weighted by Gasteiger charge is 2.33. The van der Waals surface area contributed by atoms with Crippen LogP contribution in [0, 0.1) is 20.8 Å². The molecule has 0 spiro atoms. The zero-order valence-electron chi connectivity index (χ0n) is 17.2. The van der Waals surface area contributed by atoms with Crippen molar-refractivity contribution in [1.82, 2.24) is 9.91 Å². The minimum absolute atomic E-state index is 0.0153. The molecule has 5 heteroatoms. The van der Waals surface area contributed by atoms with Gasteiger partial charge in [-0.3, -0.25) is 9.59 Å². The molecule has 0 fully saturated rings. The second-order valence-electron chi connectivity index (χ2n) is 7.59. The van der Waals surface area contributed by atoms with Gasteiger partial charge in [0.1, 0.15) is 6.54 Å². The number of aryl methyl sites for hydroxylation is 3. The van der Waals surface area contributed by atoms with E-state index in [0.29, 0.717) is 6.42 Å². The normalized spacial score (nSPS) is 16.1. The first-order chi connectivity index (χ1) is 13.3. The van der Waals surface area contributed by atoms with E-state index in [2.05, 4.69) is 37.1 Å². The lowest BCUT2D eigenvalue weighted by Crippen LogP contribution is -2.38. The van der Waals surface area contributed by atoms with Gasteiger partial charge in [-0.15, -0.1) is 0 Å². The van der Waals surface area contributed by atoms with E-state index in [4.69, 9.17) is 0 Å². The Morgan fingerprint density at radius 3 is 2.36 bits per heavy atom. The smallest absolute Gasteiger partial charge is 0.262 e. The van der Waals surface area contributed by atoms with Crippen molar-refractivity contribution >= 4 is 17.5 Å². The summed E-state index contributed by atoms with van der Waals surface area (Å²) in [7, 11) is 1.63. The molecule has 2 amide bonds. The third kappa shape index (κ3) is 4.14. The Kier molecular flexibility index (Phi) is 5.63. The number of hydrogen-bond acceptors (Lipinski definition) is 3. The van der Waals surface area contributed by atoms with Crippen molar-refractivity contribution in [1.29, 1.82) is 0 Å². The summed E-state index contributed by atoms with van der Waals surface area (Å²) in [6.07, 6.45) is 0.654. The van der Waals surface area contributed by atoms with Gasteiger partial charge in [-0.05, 0) is 49.1 Å². The van der Waals surface area contributed by atoms with Crippen molar-refractivity contribution in [2.24, 2.45) is 5.10 Å². The summed E-state index contributed by atoms with van der Waals surface area (Å²) in [5.41, 5.74) is 6.59. The highest BCUT2D eigenvalue weighted by atomic mass is 16.2. The molecular formula is C23H27N3O2. The molecule has 1 aliphatic rings. The van der Waals surface area contributed by atoms with E-state index in [1.165, 1.54) is 28.5 Å². The van der Waals surface area contributed by atoms with Crippen molar-refractivity contribution in [3.05, 3.63) is 70.3 Å². The summed E-state index contributed by atoms with van der Waals surface area (Å²) < 4.78 is 0. The minimum Gasteiger partial charge on any atom is -0.337 e. The molecule has 0 aromatic heterocycles. The number of carbonyl (C=O) groups is 2. The van der Waals surface area contributed by atoms with Crippen LogP contribution in [0.5, 0.6) is 0 Å². The quantitative estimate of drug-likeness (QED) is 0.814. The number of benzene rings is 2. The van der Waals surface area contributed by atoms with Crippen LogP contribution in [0.2, 0.25) is 0 Å². The Balaban J connectivity index is 1.94. The molecule has 1 atom stereocenters. The van der Waals surface area contributed by atoms with Gasteiger partial charge in [-0.25, -0.2) is 5.01 Å².